The van der Waals surface area contributed by atoms with Crippen LogP contribution in [0.2, 0.25) is 10.0 Å². The van der Waals surface area contributed by atoms with Gasteiger partial charge in [0.2, 0.25) is 5.91 Å². The van der Waals surface area contributed by atoms with E-state index >= 15 is 0 Å². The van der Waals surface area contributed by atoms with Crippen molar-refractivity contribution < 1.29 is 14.7 Å². The van der Waals surface area contributed by atoms with Crippen LogP contribution in [0.25, 0.3) is 0 Å². The molecular weight excluding hydrogens is 305 g/mol. The van der Waals surface area contributed by atoms with E-state index in [1.807, 2.05) is 0 Å². The molecule has 1 aromatic carbocycles. The second-order valence-electron chi connectivity index (χ2n) is 3.84. The maximum atomic E-state index is 11.9. The number of hydrogen-bond donors (Lipinski definition) is 2. The topological polar surface area (TPSA) is 84.2 Å². The molecule has 1 heterocycles. The molecule has 0 bridgehead atoms. The van der Waals surface area contributed by atoms with Crippen LogP contribution in [0.3, 0.4) is 0 Å². The number of anilines is 1. The molecule has 0 aliphatic heterocycles. The zero-order chi connectivity index (χ0) is 14.7. The molecule has 6 nitrogen and oxygen atoms in total. The monoisotopic (exact) mass is 313 g/mol. The van der Waals surface area contributed by atoms with Gasteiger partial charge in [-0.1, -0.05) is 23.2 Å². The van der Waals surface area contributed by atoms with Gasteiger partial charge in [-0.3, -0.25) is 9.48 Å². The Kier molecular flexibility index (Phi) is 4.26. The molecule has 1 aromatic heterocycles. The van der Waals surface area contributed by atoms with Crippen LogP contribution >= 0.6 is 23.2 Å². The first-order chi connectivity index (χ1) is 9.49. The standard InChI is InChI=1S/C12H9Cl2N3O3/c13-7-2-3-8(14)11(10(7)12(19)20)16-9(18)6-17-5-1-4-15-17/h1-5H,6H2,(H,16,18)(H,19,20). The third kappa shape index (κ3) is 3.09. The Bertz CT molecular complexity index is 656. The Morgan fingerprint density at radius 3 is 2.60 bits per heavy atom. The Hall–Kier alpha value is -2.05. The number of carbonyl (C=O) groups excluding carboxylic acids is 1. The van der Waals surface area contributed by atoms with Crippen molar-refractivity contribution in [3.63, 3.8) is 0 Å². The molecule has 20 heavy (non-hydrogen) atoms. The minimum Gasteiger partial charge on any atom is -0.478 e. The van der Waals surface area contributed by atoms with Crippen LogP contribution in [0, 0.1) is 0 Å². The molecule has 2 N–H and O–H groups in total. The van der Waals surface area contributed by atoms with Crippen LogP contribution in [0.15, 0.2) is 30.6 Å². The van der Waals surface area contributed by atoms with Gasteiger partial charge in [-0.05, 0) is 18.2 Å². The number of benzene rings is 1. The maximum Gasteiger partial charge on any atom is 0.339 e. The van der Waals surface area contributed by atoms with Gasteiger partial charge in [0.15, 0.2) is 0 Å². The van der Waals surface area contributed by atoms with Crippen molar-refractivity contribution in [2.24, 2.45) is 0 Å². The van der Waals surface area contributed by atoms with Gasteiger partial charge in [0, 0.05) is 12.4 Å². The molecule has 0 aliphatic carbocycles. The molecular formula is C12H9Cl2N3O3. The highest BCUT2D eigenvalue weighted by atomic mass is 35.5. The van der Waals surface area contributed by atoms with Gasteiger partial charge in [0.1, 0.15) is 12.1 Å². The lowest BCUT2D eigenvalue weighted by atomic mass is 10.1. The van der Waals surface area contributed by atoms with Gasteiger partial charge in [-0.2, -0.15) is 5.10 Å². The Morgan fingerprint density at radius 1 is 1.30 bits per heavy atom. The number of amides is 1. The largest absolute Gasteiger partial charge is 0.478 e. The summed E-state index contributed by atoms with van der Waals surface area (Å²) in [5.74, 6) is -1.73. The fourth-order valence-corrected chi connectivity index (χ4v) is 2.05. The highest BCUT2D eigenvalue weighted by Crippen LogP contribution is 2.31. The Balaban J connectivity index is 2.26. The van der Waals surface area contributed by atoms with E-state index in [1.54, 1.807) is 12.3 Å². The van der Waals surface area contributed by atoms with E-state index in [9.17, 15) is 9.59 Å². The summed E-state index contributed by atoms with van der Waals surface area (Å²) in [6.45, 7) is -0.0606. The maximum absolute atomic E-state index is 11.9. The molecule has 0 fully saturated rings. The molecule has 0 spiro atoms. The lowest BCUT2D eigenvalue weighted by Gasteiger charge is -2.11. The zero-order valence-corrected chi connectivity index (χ0v) is 11.5. The quantitative estimate of drug-likeness (QED) is 0.908. The second-order valence-corrected chi connectivity index (χ2v) is 4.65. The number of carboxylic acids is 1. The molecule has 2 rings (SSSR count). The molecule has 0 saturated carbocycles. The number of aromatic carboxylic acids is 1. The SMILES string of the molecule is O=C(Cn1cccn1)Nc1c(Cl)ccc(Cl)c1C(=O)O. The van der Waals surface area contributed by atoms with Crippen LogP contribution < -0.4 is 5.32 Å². The van der Waals surface area contributed by atoms with E-state index in [1.165, 1.54) is 23.0 Å². The number of nitrogens with zero attached hydrogens (tertiary/aromatic N) is 2. The first kappa shape index (κ1) is 14.4. The summed E-state index contributed by atoms with van der Waals surface area (Å²) >= 11 is 11.7. The van der Waals surface area contributed by atoms with E-state index in [4.69, 9.17) is 28.3 Å². The second kappa shape index (κ2) is 5.94. The van der Waals surface area contributed by atoms with Crippen LogP contribution in [0.5, 0.6) is 0 Å². The van der Waals surface area contributed by atoms with E-state index < -0.39 is 11.9 Å². The summed E-state index contributed by atoms with van der Waals surface area (Å²) in [7, 11) is 0. The highest BCUT2D eigenvalue weighted by Gasteiger charge is 2.19. The number of nitrogens with one attached hydrogen (secondary N) is 1. The molecule has 8 heteroatoms. The fraction of sp³-hybridized carbons (Fsp3) is 0.0833. The summed E-state index contributed by atoms with van der Waals surface area (Å²) in [4.78, 5) is 23.0. The summed E-state index contributed by atoms with van der Waals surface area (Å²) in [5, 5.41) is 15.5. The first-order valence-corrected chi connectivity index (χ1v) is 6.23. The fourth-order valence-electron chi connectivity index (χ4n) is 1.60. The third-order valence-corrected chi connectivity index (χ3v) is 3.08. The number of carboxylic acid groups (broad SMARTS) is 1. The van der Waals surface area contributed by atoms with Crippen molar-refractivity contribution in [2.75, 3.05) is 5.32 Å². The summed E-state index contributed by atoms with van der Waals surface area (Å²) in [5.41, 5.74) is -0.267. The van der Waals surface area contributed by atoms with Gasteiger partial charge in [-0.25, -0.2) is 4.79 Å². The average Bonchev–Trinajstić information content (AvgIpc) is 2.86. The number of halogens is 2. The van der Waals surface area contributed by atoms with Crippen LogP contribution in [-0.4, -0.2) is 26.8 Å². The van der Waals surface area contributed by atoms with Crippen LogP contribution in [-0.2, 0) is 11.3 Å². The lowest BCUT2D eigenvalue weighted by Crippen LogP contribution is -2.21. The van der Waals surface area contributed by atoms with Crippen LogP contribution in [0.1, 0.15) is 10.4 Å². The molecule has 0 atom stereocenters. The average molecular weight is 314 g/mol. The van der Waals surface area contributed by atoms with Crippen molar-refractivity contribution in [3.05, 3.63) is 46.2 Å². The Labute approximate surface area is 123 Å². The van der Waals surface area contributed by atoms with Gasteiger partial charge in [-0.15, -0.1) is 0 Å². The minimum absolute atomic E-state index is 0.00344. The van der Waals surface area contributed by atoms with Gasteiger partial charge >= 0.3 is 5.97 Å². The number of hydrogen-bond acceptors (Lipinski definition) is 3. The number of carbonyl (C=O) groups is 2. The molecule has 0 saturated heterocycles. The molecule has 0 aliphatic rings. The van der Waals surface area contributed by atoms with Crippen molar-refractivity contribution in [1.29, 1.82) is 0 Å². The molecule has 1 amide bonds. The van der Waals surface area contributed by atoms with Crippen LogP contribution in [0.4, 0.5) is 5.69 Å². The van der Waals surface area contributed by atoms with E-state index in [0.29, 0.717) is 0 Å². The molecule has 104 valence electrons. The predicted molar refractivity (Wildman–Crippen MR) is 74.3 cm³/mol. The van der Waals surface area contributed by atoms with Gasteiger partial charge in [0.25, 0.3) is 0 Å². The molecule has 2 aromatic rings. The van der Waals surface area contributed by atoms with E-state index in [-0.39, 0.29) is 27.8 Å². The van der Waals surface area contributed by atoms with Crippen molar-refractivity contribution in [1.82, 2.24) is 9.78 Å². The number of aromatic nitrogens is 2. The van der Waals surface area contributed by atoms with Crippen molar-refractivity contribution in [2.45, 2.75) is 6.54 Å². The van der Waals surface area contributed by atoms with Crippen molar-refractivity contribution >= 4 is 40.8 Å². The van der Waals surface area contributed by atoms with E-state index in [0.717, 1.165) is 0 Å². The molecule has 0 radical (unpaired) electrons. The number of rotatable bonds is 4. The summed E-state index contributed by atoms with van der Waals surface area (Å²) in [6.07, 6.45) is 3.14. The third-order valence-electron chi connectivity index (χ3n) is 2.45. The lowest BCUT2D eigenvalue weighted by molar-refractivity contribution is -0.116. The summed E-state index contributed by atoms with van der Waals surface area (Å²) in [6, 6.07) is 4.44. The molecule has 0 unspecified atom stereocenters. The first-order valence-electron chi connectivity index (χ1n) is 5.47. The van der Waals surface area contributed by atoms with Gasteiger partial charge < -0.3 is 10.4 Å². The van der Waals surface area contributed by atoms with Gasteiger partial charge in [0.05, 0.1) is 15.7 Å². The highest BCUT2D eigenvalue weighted by molar-refractivity contribution is 6.38. The smallest absolute Gasteiger partial charge is 0.339 e. The normalized spacial score (nSPS) is 10.3. The predicted octanol–water partition coefficient (Wildman–Crippen LogP) is 2.53. The summed E-state index contributed by atoms with van der Waals surface area (Å²) < 4.78 is 1.40. The zero-order valence-electron chi connectivity index (χ0n) is 10.0. The Morgan fingerprint density at radius 2 is 2.00 bits per heavy atom. The minimum atomic E-state index is -1.27. The van der Waals surface area contributed by atoms with E-state index in [2.05, 4.69) is 10.4 Å². The van der Waals surface area contributed by atoms with Crippen molar-refractivity contribution in [3.8, 4) is 0 Å².